The number of hydrogen-bond acceptors (Lipinski definition) is 6. The van der Waals surface area contributed by atoms with Crippen molar-refractivity contribution in [1.29, 1.82) is 0 Å². The fraction of sp³-hybridized carbons (Fsp3) is 0.312. The summed E-state index contributed by atoms with van der Waals surface area (Å²) in [5.41, 5.74) is 1.91. The highest BCUT2D eigenvalue weighted by Crippen LogP contribution is 2.21. The number of aromatic nitrogens is 1. The van der Waals surface area contributed by atoms with E-state index in [0.717, 1.165) is 5.69 Å². The summed E-state index contributed by atoms with van der Waals surface area (Å²) in [6.07, 6.45) is 0. The number of carbonyl (C=O) groups is 2. The molecule has 1 N–H and O–H groups in total. The molecule has 0 spiro atoms. The number of aryl methyl sites for hydroxylation is 1. The van der Waals surface area contributed by atoms with Gasteiger partial charge in [-0.1, -0.05) is 5.16 Å². The first kappa shape index (κ1) is 16.5. The van der Waals surface area contributed by atoms with E-state index in [1.807, 2.05) is 31.1 Å². The SMILES string of the molecule is CCOC(=O)c1c(C)noc1NC(=O)c1ccc(N(C)C)cc1. The van der Waals surface area contributed by atoms with Gasteiger partial charge in [-0.2, -0.15) is 0 Å². The van der Waals surface area contributed by atoms with Crippen LogP contribution < -0.4 is 10.2 Å². The summed E-state index contributed by atoms with van der Waals surface area (Å²) in [6.45, 7) is 3.53. The quantitative estimate of drug-likeness (QED) is 0.853. The molecule has 23 heavy (non-hydrogen) atoms. The first-order chi connectivity index (χ1) is 10.9. The van der Waals surface area contributed by atoms with E-state index >= 15 is 0 Å². The molecule has 0 bridgehead atoms. The van der Waals surface area contributed by atoms with Crippen LogP contribution in [0.3, 0.4) is 0 Å². The van der Waals surface area contributed by atoms with Gasteiger partial charge in [0.1, 0.15) is 5.56 Å². The van der Waals surface area contributed by atoms with Gasteiger partial charge in [-0.05, 0) is 38.1 Å². The first-order valence-electron chi connectivity index (χ1n) is 7.16. The molecule has 0 aliphatic carbocycles. The number of anilines is 2. The maximum atomic E-state index is 12.3. The van der Waals surface area contributed by atoms with Gasteiger partial charge in [-0.3, -0.25) is 10.1 Å². The third-order valence-corrected chi connectivity index (χ3v) is 3.22. The van der Waals surface area contributed by atoms with Crippen LogP contribution in [0.1, 0.15) is 33.3 Å². The van der Waals surface area contributed by atoms with Crippen LogP contribution in [0.15, 0.2) is 28.8 Å². The average Bonchev–Trinajstić information content (AvgIpc) is 2.88. The molecule has 7 heteroatoms. The lowest BCUT2D eigenvalue weighted by atomic mass is 10.2. The molecule has 1 aromatic carbocycles. The van der Waals surface area contributed by atoms with Crippen LogP contribution in [0.2, 0.25) is 0 Å². The number of hydrogen-bond donors (Lipinski definition) is 1. The number of nitrogens with one attached hydrogen (secondary N) is 1. The molecule has 0 saturated heterocycles. The number of carbonyl (C=O) groups excluding carboxylic acids is 2. The zero-order chi connectivity index (χ0) is 17.0. The third-order valence-electron chi connectivity index (χ3n) is 3.22. The Bertz CT molecular complexity index is 705. The van der Waals surface area contributed by atoms with Gasteiger partial charge < -0.3 is 14.2 Å². The molecule has 1 aromatic heterocycles. The summed E-state index contributed by atoms with van der Waals surface area (Å²) in [5, 5.41) is 6.26. The second-order valence-electron chi connectivity index (χ2n) is 5.09. The Morgan fingerprint density at radius 2 is 1.91 bits per heavy atom. The first-order valence-corrected chi connectivity index (χ1v) is 7.16. The van der Waals surface area contributed by atoms with Crippen molar-refractivity contribution in [3.63, 3.8) is 0 Å². The molecule has 0 aliphatic heterocycles. The van der Waals surface area contributed by atoms with E-state index in [1.165, 1.54) is 0 Å². The summed E-state index contributed by atoms with van der Waals surface area (Å²) in [5.74, 6) is -0.982. The number of esters is 1. The molecular weight excluding hydrogens is 298 g/mol. The molecule has 0 radical (unpaired) electrons. The van der Waals surface area contributed by atoms with Crippen LogP contribution in [0, 0.1) is 6.92 Å². The molecule has 0 saturated carbocycles. The summed E-state index contributed by atoms with van der Waals surface area (Å²) in [7, 11) is 3.83. The Balaban J connectivity index is 2.19. The van der Waals surface area contributed by atoms with Crippen LogP contribution in [-0.2, 0) is 4.74 Å². The average molecular weight is 317 g/mol. The van der Waals surface area contributed by atoms with Gasteiger partial charge in [0.25, 0.3) is 5.91 Å². The summed E-state index contributed by atoms with van der Waals surface area (Å²) < 4.78 is 9.97. The van der Waals surface area contributed by atoms with Gasteiger partial charge in [0.05, 0.1) is 12.3 Å². The standard InChI is InChI=1S/C16H19N3O4/c1-5-22-16(21)13-10(2)18-23-15(13)17-14(20)11-6-8-12(9-7-11)19(3)4/h6-9H,5H2,1-4H3,(H,17,20). The monoisotopic (exact) mass is 317 g/mol. The van der Waals surface area contributed by atoms with Gasteiger partial charge in [-0.15, -0.1) is 0 Å². The van der Waals surface area contributed by atoms with Gasteiger partial charge >= 0.3 is 5.97 Å². The largest absolute Gasteiger partial charge is 0.462 e. The number of benzene rings is 1. The van der Waals surface area contributed by atoms with Crippen LogP contribution in [0.4, 0.5) is 11.6 Å². The van der Waals surface area contributed by atoms with Crippen molar-refractivity contribution in [1.82, 2.24) is 5.16 Å². The van der Waals surface area contributed by atoms with Crippen molar-refractivity contribution in [2.24, 2.45) is 0 Å². The predicted molar refractivity (Wildman–Crippen MR) is 85.9 cm³/mol. The normalized spacial score (nSPS) is 10.3. The van der Waals surface area contributed by atoms with E-state index in [-0.39, 0.29) is 18.1 Å². The highest BCUT2D eigenvalue weighted by atomic mass is 16.5. The van der Waals surface area contributed by atoms with E-state index in [2.05, 4.69) is 10.5 Å². The maximum Gasteiger partial charge on any atom is 0.345 e. The second-order valence-corrected chi connectivity index (χ2v) is 5.09. The molecule has 2 aromatic rings. The van der Waals surface area contributed by atoms with Crippen molar-refractivity contribution in [3.8, 4) is 0 Å². The zero-order valence-corrected chi connectivity index (χ0v) is 13.5. The van der Waals surface area contributed by atoms with E-state index in [4.69, 9.17) is 9.26 Å². The topological polar surface area (TPSA) is 84.7 Å². The molecule has 122 valence electrons. The lowest BCUT2D eigenvalue weighted by Gasteiger charge is -2.12. The Labute approximate surface area is 134 Å². The van der Waals surface area contributed by atoms with Gasteiger partial charge in [-0.25, -0.2) is 4.79 Å². The molecule has 1 heterocycles. The fourth-order valence-corrected chi connectivity index (χ4v) is 1.98. The minimum atomic E-state index is -0.579. The lowest BCUT2D eigenvalue weighted by molar-refractivity contribution is 0.0526. The predicted octanol–water partition coefficient (Wildman–Crippen LogP) is 2.48. The Hall–Kier alpha value is -2.83. The van der Waals surface area contributed by atoms with Gasteiger partial charge in [0, 0.05) is 25.3 Å². The Morgan fingerprint density at radius 1 is 1.26 bits per heavy atom. The summed E-state index contributed by atoms with van der Waals surface area (Å²) >= 11 is 0. The molecule has 0 fully saturated rings. The molecule has 1 amide bonds. The van der Waals surface area contributed by atoms with Crippen LogP contribution in [0.5, 0.6) is 0 Å². The third kappa shape index (κ3) is 3.68. The van der Waals surface area contributed by atoms with Crippen LogP contribution >= 0.6 is 0 Å². The number of rotatable bonds is 5. The van der Waals surface area contributed by atoms with Crippen LogP contribution in [-0.4, -0.2) is 37.7 Å². The molecule has 0 aliphatic rings. The Kier molecular flexibility index (Phi) is 5.00. The molecule has 0 atom stereocenters. The molecule has 0 unspecified atom stereocenters. The van der Waals surface area contributed by atoms with E-state index in [9.17, 15) is 9.59 Å². The summed E-state index contributed by atoms with van der Waals surface area (Å²) in [6, 6.07) is 7.04. The van der Waals surface area contributed by atoms with Crippen molar-refractivity contribution in [2.75, 3.05) is 30.9 Å². The van der Waals surface area contributed by atoms with Crippen molar-refractivity contribution in [3.05, 3.63) is 41.1 Å². The molecule has 2 rings (SSSR count). The number of amides is 1. The highest BCUT2D eigenvalue weighted by molar-refractivity contribution is 6.07. The fourth-order valence-electron chi connectivity index (χ4n) is 1.98. The summed E-state index contributed by atoms with van der Waals surface area (Å²) in [4.78, 5) is 26.1. The maximum absolute atomic E-state index is 12.3. The van der Waals surface area contributed by atoms with Crippen molar-refractivity contribution < 1.29 is 18.8 Å². The number of nitrogens with zero attached hydrogens (tertiary/aromatic N) is 2. The van der Waals surface area contributed by atoms with Crippen molar-refractivity contribution >= 4 is 23.4 Å². The van der Waals surface area contributed by atoms with Crippen molar-refractivity contribution in [2.45, 2.75) is 13.8 Å². The van der Waals surface area contributed by atoms with Gasteiger partial charge in [0.2, 0.25) is 5.88 Å². The van der Waals surface area contributed by atoms with E-state index < -0.39 is 11.9 Å². The Morgan fingerprint density at radius 3 is 2.48 bits per heavy atom. The lowest BCUT2D eigenvalue weighted by Crippen LogP contribution is -2.15. The number of ether oxygens (including phenoxy) is 1. The van der Waals surface area contributed by atoms with Crippen LogP contribution in [0.25, 0.3) is 0 Å². The zero-order valence-electron chi connectivity index (χ0n) is 13.5. The molecular formula is C16H19N3O4. The minimum absolute atomic E-state index is 0.0114. The minimum Gasteiger partial charge on any atom is -0.462 e. The van der Waals surface area contributed by atoms with Gasteiger partial charge in [0.15, 0.2) is 0 Å². The smallest absolute Gasteiger partial charge is 0.345 e. The second kappa shape index (κ2) is 6.95. The highest BCUT2D eigenvalue weighted by Gasteiger charge is 2.23. The van der Waals surface area contributed by atoms with E-state index in [1.54, 1.807) is 26.0 Å². The van der Waals surface area contributed by atoms with E-state index in [0.29, 0.717) is 11.3 Å². The molecule has 7 nitrogen and oxygen atoms in total.